The summed E-state index contributed by atoms with van der Waals surface area (Å²) in [6.45, 7) is 0.224. The van der Waals surface area contributed by atoms with Crippen molar-refractivity contribution in [3.63, 3.8) is 0 Å². The van der Waals surface area contributed by atoms with Crippen LogP contribution in [-0.4, -0.2) is 29.7 Å². The molecule has 0 saturated heterocycles. The predicted molar refractivity (Wildman–Crippen MR) is 65.0 cm³/mol. The number of nitrogens with zero attached hydrogens (tertiary/aromatic N) is 1. The fraction of sp³-hybridized carbons (Fsp3) is 0.364. The fourth-order valence-corrected chi connectivity index (χ4v) is 1.45. The van der Waals surface area contributed by atoms with Crippen molar-refractivity contribution in [3.05, 3.63) is 28.1 Å². The van der Waals surface area contributed by atoms with Gasteiger partial charge in [0.1, 0.15) is 5.69 Å². The molecule has 0 unspecified atom stereocenters. The van der Waals surface area contributed by atoms with Gasteiger partial charge in [-0.05, 0) is 6.42 Å². The number of benzene rings is 1. The Morgan fingerprint density at radius 2 is 2.26 bits per heavy atom. The third-order valence-corrected chi connectivity index (χ3v) is 2.35. The highest BCUT2D eigenvalue weighted by atomic mass is 19.1. The van der Waals surface area contributed by atoms with Gasteiger partial charge in [0.25, 0.3) is 5.69 Å². The Bertz CT molecular complexity index is 492. The number of carbonyl (C=O) groups is 1. The lowest BCUT2D eigenvalue weighted by Crippen LogP contribution is -2.07. The minimum absolute atomic E-state index is 0.0564. The van der Waals surface area contributed by atoms with Crippen molar-refractivity contribution in [3.8, 4) is 5.75 Å². The third kappa shape index (κ3) is 4.09. The number of rotatable bonds is 7. The van der Waals surface area contributed by atoms with E-state index in [4.69, 9.17) is 9.84 Å². The Kier molecular flexibility index (Phi) is 5.04. The smallest absolute Gasteiger partial charge is 0.303 e. The average molecular weight is 272 g/mol. The first-order chi connectivity index (χ1) is 8.95. The van der Waals surface area contributed by atoms with Gasteiger partial charge in [-0.3, -0.25) is 14.9 Å². The topological polar surface area (TPSA) is 102 Å². The summed E-state index contributed by atoms with van der Waals surface area (Å²) in [5.74, 6) is -1.90. The number of anilines is 1. The van der Waals surface area contributed by atoms with E-state index >= 15 is 0 Å². The molecule has 0 fully saturated rings. The molecule has 0 radical (unpaired) electrons. The molecule has 1 aromatic carbocycles. The van der Waals surface area contributed by atoms with E-state index in [1.807, 2.05) is 0 Å². The molecule has 0 spiro atoms. The largest absolute Gasteiger partial charge is 0.494 e. The maximum Gasteiger partial charge on any atom is 0.303 e. The molecule has 0 amide bonds. The summed E-state index contributed by atoms with van der Waals surface area (Å²) in [5, 5.41) is 21.9. The zero-order valence-electron chi connectivity index (χ0n) is 10.2. The lowest BCUT2D eigenvalue weighted by atomic mass is 10.2. The highest BCUT2D eigenvalue weighted by molar-refractivity contribution is 5.67. The van der Waals surface area contributed by atoms with Gasteiger partial charge >= 0.3 is 5.97 Å². The van der Waals surface area contributed by atoms with Crippen LogP contribution < -0.4 is 10.1 Å². The lowest BCUT2D eigenvalue weighted by Gasteiger charge is -2.09. The third-order valence-electron chi connectivity index (χ3n) is 2.35. The van der Waals surface area contributed by atoms with Gasteiger partial charge in [-0.15, -0.1) is 0 Å². The van der Waals surface area contributed by atoms with E-state index in [9.17, 15) is 19.3 Å². The number of nitrogens with one attached hydrogen (secondary N) is 1. The molecule has 0 aliphatic heterocycles. The van der Waals surface area contributed by atoms with E-state index in [-0.39, 0.29) is 24.4 Å². The van der Waals surface area contributed by atoms with Gasteiger partial charge in [-0.2, -0.15) is 0 Å². The number of aliphatic carboxylic acids is 1. The molecule has 1 aromatic rings. The maximum absolute atomic E-state index is 13.4. The second-order valence-corrected chi connectivity index (χ2v) is 3.69. The Hall–Kier alpha value is -2.38. The number of hydrogen-bond donors (Lipinski definition) is 2. The number of methoxy groups -OCH3 is 1. The van der Waals surface area contributed by atoms with Crippen LogP contribution in [0.1, 0.15) is 12.8 Å². The first kappa shape index (κ1) is 14.7. The molecule has 0 atom stereocenters. The highest BCUT2D eigenvalue weighted by Gasteiger charge is 2.18. The molecule has 0 heterocycles. The van der Waals surface area contributed by atoms with Crippen molar-refractivity contribution in [1.29, 1.82) is 0 Å². The van der Waals surface area contributed by atoms with Crippen LogP contribution in [0.5, 0.6) is 5.75 Å². The molecule has 0 bridgehead atoms. The number of nitro groups is 1. The van der Waals surface area contributed by atoms with Crippen molar-refractivity contribution in [2.45, 2.75) is 12.8 Å². The second-order valence-electron chi connectivity index (χ2n) is 3.69. The van der Waals surface area contributed by atoms with Crippen molar-refractivity contribution < 1.29 is 24.0 Å². The van der Waals surface area contributed by atoms with Crippen LogP contribution in [0.15, 0.2) is 12.1 Å². The van der Waals surface area contributed by atoms with E-state index in [1.165, 1.54) is 13.2 Å². The SMILES string of the molecule is COc1cc(NCCCC(=O)O)c([N+](=O)[O-])cc1F. The second kappa shape index (κ2) is 6.53. The number of halogens is 1. The number of carboxylic acids is 1. The number of carboxylic acid groups (broad SMARTS) is 1. The van der Waals surface area contributed by atoms with Gasteiger partial charge in [-0.25, -0.2) is 4.39 Å². The minimum atomic E-state index is -0.951. The molecule has 1 rings (SSSR count). The van der Waals surface area contributed by atoms with Crippen LogP contribution in [0.4, 0.5) is 15.8 Å². The summed E-state index contributed by atoms with van der Waals surface area (Å²) >= 11 is 0. The summed E-state index contributed by atoms with van der Waals surface area (Å²) < 4.78 is 18.1. The van der Waals surface area contributed by atoms with Crippen LogP contribution >= 0.6 is 0 Å². The van der Waals surface area contributed by atoms with Gasteiger partial charge in [0.2, 0.25) is 0 Å². The molecule has 104 valence electrons. The first-order valence-corrected chi connectivity index (χ1v) is 5.43. The summed E-state index contributed by atoms with van der Waals surface area (Å²) in [6.07, 6.45) is 0.241. The first-order valence-electron chi connectivity index (χ1n) is 5.43. The standard InChI is InChI=1S/C11H13FN2O5/c1-19-10-6-8(13-4-2-3-11(15)16)9(14(17)18)5-7(10)12/h5-6,13H,2-4H2,1H3,(H,15,16). The minimum Gasteiger partial charge on any atom is -0.494 e. The number of hydrogen-bond acceptors (Lipinski definition) is 5. The van der Waals surface area contributed by atoms with Crippen LogP contribution in [-0.2, 0) is 4.79 Å². The van der Waals surface area contributed by atoms with E-state index in [1.54, 1.807) is 0 Å². The van der Waals surface area contributed by atoms with Crippen molar-refractivity contribution in [2.24, 2.45) is 0 Å². The molecular formula is C11H13FN2O5. The van der Waals surface area contributed by atoms with Crippen LogP contribution in [0, 0.1) is 15.9 Å². The van der Waals surface area contributed by atoms with E-state index in [2.05, 4.69) is 5.32 Å². The lowest BCUT2D eigenvalue weighted by molar-refractivity contribution is -0.384. The molecule has 8 heteroatoms. The van der Waals surface area contributed by atoms with Crippen molar-refractivity contribution in [1.82, 2.24) is 0 Å². The summed E-state index contributed by atoms with van der Waals surface area (Å²) in [5.41, 5.74) is -0.331. The summed E-state index contributed by atoms with van der Waals surface area (Å²) in [4.78, 5) is 20.4. The van der Waals surface area contributed by atoms with Gasteiger partial charge in [0, 0.05) is 19.0 Å². The maximum atomic E-state index is 13.4. The number of nitro benzene ring substituents is 1. The molecule has 7 nitrogen and oxygen atoms in total. The van der Waals surface area contributed by atoms with Gasteiger partial charge in [-0.1, -0.05) is 0 Å². The van der Waals surface area contributed by atoms with E-state index in [0.29, 0.717) is 6.42 Å². The van der Waals surface area contributed by atoms with Crippen LogP contribution in [0.3, 0.4) is 0 Å². The molecule has 0 saturated carbocycles. The summed E-state index contributed by atoms with van der Waals surface area (Å²) in [7, 11) is 1.25. The molecule has 19 heavy (non-hydrogen) atoms. The van der Waals surface area contributed by atoms with Crippen molar-refractivity contribution >= 4 is 17.3 Å². The van der Waals surface area contributed by atoms with Gasteiger partial charge in [0.05, 0.1) is 18.1 Å². The van der Waals surface area contributed by atoms with Gasteiger partial charge in [0.15, 0.2) is 11.6 Å². The molecule has 0 aliphatic rings. The molecule has 0 aliphatic carbocycles. The monoisotopic (exact) mass is 272 g/mol. The Labute approximate surface area is 108 Å². The van der Waals surface area contributed by atoms with Crippen LogP contribution in [0.2, 0.25) is 0 Å². The van der Waals surface area contributed by atoms with Crippen molar-refractivity contribution in [2.75, 3.05) is 19.0 Å². The molecular weight excluding hydrogens is 259 g/mol. The highest BCUT2D eigenvalue weighted by Crippen LogP contribution is 2.31. The Balaban J connectivity index is 2.84. The Morgan fingerprint density at radius 1 is 1.58 bits per heavy atom. The quantitative estimate of drug-likeness (QED) is 0.447. The zero-order valence-corrected chi connectivity index (χ0v) is 10.2. The predicted octanol–water partition coefficient (Wildman–Crippen LogP) is 2.02. The molecule has 2 N–H and O–H groups in total. The zero-order chi connectivity index (χ0) is 14.4. The average Bonchev–Trinajstić information content (AvgIpc) is 2.35. The van der Waals surface area contributed by atoms with E-state index < -0.39 is 22.4 Å². The van der Waals surface area contributed by atoms with Gasteiger partial charge < -0.3 is 15.2 Å². The Morgan fingerprint density at radius 3 is 2.79 bits per heavy atom. The molecule has 0 aromatic heterocycles. The van der Waals surface area contributed by atoms with Crippen LogP contribution in [0.25, 0.3) is 0 Å². The summed E-state index contributed by atoms with van der Waals surface area (Å²) in [6, 6.07) is 1.94. The van der Waals surface area contributed by atoms with E-state index in [0.717, 1.165) is 6.07 Å². The fourth-order valence-electron chi connectivity index (χ4n) is 1.45. The number of ether oxygens (including phenoxy) is 1. The normalized spacial score (nSPS) is 10.0.